The molecule has 0 radical (unpaired) electrons. The van der Waals surface area contributed by atoms with Gasteiger partial charge in [0.25, 0.3) is 13.4 Å². The lowest BCUT2D eigenvalue weighted by Crippen LogP contribution is -2.65. The van der Waals surface area contributed by atoms with Crippen LogP contribution >= 0.6 is 11.8 Å². The Labute approximate surface area is 476 Å². The van der Waals surface area contributed by atoms with E-state index in [4.69, 9.17) is 0 Å². The Balaban J connectivity index is 1.00. The third-order valence-electron chi connectivity index (χ3n) is 17.1. The lowest BCUT2D eigenvalue weighted by Gasteiger charge is -2.47. The quantitative estimate of drug-likeness (QED) is 0.116. The van der Waals surface area contributed by atoms with Crippen LogP contribution in [0.2, 0.25) is 0 Å². The van der Waals surface area contributed by atoms with E-state index in [-0.39, 0.29) is 13.4 Å². The lowest BCUT2D eigenvalue weighted by molar-refractivity contribution is 1.22. The van der Waals surface area contributed by atoms with Crippen LogP contribution in [0.1, 0.15) is 0 Å². The van der Waals surface area contributed by atoms with E-state index >= 15 is 0 Å². The molecule has 4 nitrogen and oxygen atoms in total. The van der Waals surface area contributed by atoms with Crippen LogP contribution in [0.25, 0.3) is 32.7 Å². The summed E-state index contributed by atoms with van der Waals surface area (Å²) in [5.41, 5.74) is 24.1. The van der Waals surface area contributed by atoms with Crippen molar-refractivity contribution >= 4 is 148 Å². The molecule has 13 aromatic carbocycles. The van der Waals surface area contributed by atoms with E-state index in [1.165, 1.54) is 121 Å². The molecule has 0 bridgehead atoms. The lowest BCUT2D eigenvalue weighted by atomic mass is 9.30. The van der Waals surface area contributed by atoms with Crippen molar-refractivity contribution in [1.82, 2.24) is 0 Å². The van der Waals surface area contributed by atoms with Crippen molar-refractivity contribution in [3.05, 3.63) is 291 Å². The van der Waals surface area contributed by atoms with Gasteiger partial charge in [-0.05, 0) is 175 Å². The van der Waals surface area contributed by atoms with Gasteiger partial charge in [0.05, 0.1) is 0 Å². The van der Waals surface area contributed by atoms with Gasteiger partial charge >= 0.3 is 0 Å². The smallest absolute Gasteiger partial charge is 0.252 e. The molecule has 7 heteroatoms. The van der Waals surface area contributed by atoms with Crippen LogP contribution in [0.15, 0.2) is 301 Å². The maximum atomic E-state index is 2.63. The molecule has 0 spiro atoms. The summed E-state index contributed by atoms with van der Waals surface area (Å²) >= 11 is 1.82. The van der Waals surface area contributed by atoms with Gasteiger partial charge in [0.1, 0.15) is 0 Å². The van der Waals surface area contributed by atoms with Gasteiger partial charge in [-0.1, -0.05) is 194 Å². The van der Waals surface area contributed by atoms with Crippen LogP contribution in [-0.4, -0.2) is 13.4 Å². The predicted molar refractivity (Wildman–Crippen MR) is 345 cm³/mol. The number of anilines is 12. The second-order valence-corrected chi connectivity index (χ2v) is 22.7. The molecule has 0 atom stereocenters. The van der Waals surface area contributed by atoms with E-state index in [9.17, 15) is 0 Å². The Morgan fingerprint density at radius 2 is 0.605 bits per heavy atom. The Morgan fingerprint density at radius 1 is 0.247 bits per heavy atom. The number of hydrogen-bond donors (Lipinski definition) is 0. The average molecular weight is 1050 g/mol. The second-order valence-electron chi connectivity index (χ2n) is 21.5. The van der Waals surface area contributed by atoms with E-state index in [0.717, 1.165) is 22.7 Å². The molecule has 0 saturated heterocycles. The number of nitrogens with zero attached hydrogens (tertiary/aromatic N) is 4. The summed E-state index contributed by atoms with van der Waals surface area (Å²) in [6.45, 7) is -0.199. The van der Waals surface area contributed by atoms with Crippen LogP contribution < -0.4 is 52.4 Å². The van der Waals surface area contributed by atoms with Crippen LogP contribution in [0.4, 0.5) is 68.2 Å². The van der Waals surface area contributed by atoms with E-state index < -0.39 is 0 Å². The topological polar surface area (TPSA) is 13.0 Å². The fourth-order valence-electron chi connectivity index (χ4n) is 13.9. The normalized spacial score (nSPS) is 13.3. The first kappa shape index (κ1) is 46.0. The van der Waals surface area contributed by atoms with Crippen molar-refractivity contribution < 1.29 is 0 Å². The molecular weight excluding hydrogens is 999 g/mol. The first-order chi connectivity index (χ1) is 40.2. The van der Waals surface area contributed by atoms with Gasteiger partial charge in [-0.15, -0.1) is 0 Å². The molecule has 17 rings (SSSR count). The van der Waals surface area contributed by atoms with Gasteiger partial charge in [-0.2, -0.15) is 0 Å². The first-order valence-electron chi connectivity index (χ1n) is 28.0. The van der Waals surface area contributed by atoms with Crippen molar-refractivity contribution in [3.63, 3.8) is 0 Å². The average Bonchev–Trinajstić information content (AvgIpc) is 3.68. The minimum atomic E-state index is -0.111. The molecule has 4 heterocycles. The fourth-order valence-corrected chi connectivity index (χ4v) is 14.8. The van der Waals surface area contributed by atoms with Crippen molar-refractivity contribution in [1.29, 1.82) is 0 Å². The van der Waals surface area contributed by atoms with Crippen molar-refractivity contribution in [3.8, 4) is 11.1 Å². The Morgan fingerprint density at radius 3 is 1.05 bits per heavy atom. The minimum absolute atomic E-state index is 0.0880. The molecule has 0 N–H and O–H groups in total. The van der Waals surface area contributed by atoms with Crippen LogP contribution in [-0.2, 0) is 0 Å². The Bertz CT molecular complexity index is 4600. The maximum Gasteiger partial charge on any atom is 0.252 e. The predicted octanol–water partition coefficient (Wildman–Crippen LogP) is 16.0. The van der Waals surface area contributed by atoms with E-state index in [0.29, 0.717) is 0 Å². The summed E-state index contributed by atoms with van der Waals surface area (Å²) < 4.78 is 0. The molecule has 0 amide bonds. The zero-order valence-corrected chi connectivity index (χ0v) is 44.9. The van der Waals surface area contributed by atoms with Crippen molar-refractivity contribution in [2.24, 2.45) is 0 Å². The highest BCUT2D eigenvalue weighted by Gasteiger charge is 2.48. The molecule has 13 aromatic rings. The molecular formula is C74H48B2N4S. The molecule has 4 aliphatic heterocycles. The fraction of sp³-hybridized carbons (Fsp3) is 0. The molecule has 0 aromatic heterocycles. The highest BCUT2D eigenvalue weighted by Crippen LogP contribution is 2.51. The number of hydrogen-bond acceptors (Lipinski definition) is 5. The molecule has 0 saturated carbocycles. The molecule has 376 valence electrons. The van der Waals surface area contributed by atoms with Gasteiger partial charge in [0.2, 0.25) is 0 Å². The summed E-state index contributed by atoms with van der Waals surface area (Å²) in [5.74, 6) is 0. The second kappa shape index (κ2) is 18.3. The van der Waals surface area contributed by atoms with E-state index in [2.05, 4.69) is 311 Å². The zero-order chi connectivity index (χ0) is 53.1. The summed E-state index contributed by atoms with van der Waals surface area (Å²) in [6, 6.07) is 109. The number of rotatable bonds is 7. The summed E-state index contributed by atoms with van der Waals surface area (Å²) in [6.07, 6.45) is 0. The highest BCUT2D eigenvalue weighted by molar-refractivity contribution is 7.99. The Kier molecular flexibility index (Phi) is 10.4. The van der Waals surface area contributed by atoms with Gasteiger partial charge < -0.3 is 19.6 Å². The van der Waals surface area contributed by atoms with Crippen LogP contribution in [0.5, 0.6) is 0 Å². The van der Waals surface area contributed by atoms with Gasteiger partial charge in [-0.3, -0.25) is 0 Å². The number of benzene rings is 13. The summed E-state index contributed by atoms with van der Waals surface area (Å²) in [4.78, 5) is 12.6. The summed E-state index contributed by atoms with van der Waals surface area (Å²) in [5, 5.41) is 4.92. The van der Waals surface area contributed by atoms with Gasteiger partial charge in [0, 0.05) is 78.0 Å². The standard InChI is InChI=1S/C74H48B2N4S/c1-6-26-52(27-7-1)77-64-40-22-20-38-60(64)75-62-47-63-67(48-66(62)79(54-30-10-3-11-31-54)69-44-51(43-68(77)73(69)75)72-58-36-18-16-24-49(58)42-50-25-17-19-37-59(50)72)80(55-32-12-4-13-33-55)71-46-57(81-56-34-14-5-15-35-56)45-70-74(71)76(63)61-39-21-23-41-65(61)78(70)53-28-8-2-9-29-53/h1-48H. The highest BCUT2D eigenvalue weighted by atomic mass is 32.2. The number of fused-ring (bicyclic) bond motifs is 10. The Hall–Kier alpha value is -9.94. The van der Waals surface area contributed by atoms with Crippen LogP contribution in [0.3, 0.4) is 0 Å². The molecule has 0 fully saturated rings. The van der Waals surface area contributed by atoms with Crippen molar-refractivity contribution in [2.45, 2.75) is 9.79 Å². The third-order valence-corrected chi connectivity index (χ3v) is 18.1. The largest absolute Gasteiger partial charge is 0.311 e. The third kappa shape index (κ3) is 7.08. The van der Waals surface area contributed by atoms with Crippen LogP contribution in [0, 0.1) is 0 Å². The zero-order valence-electron chi connectivity index (χ0n) is 44.1. The van der Waals surface area contributed by atoms with Gasteiger partial charge in [-0.25, -0.2) is 0 Å². The first-order valence-corrected chi connectivity index (χ1v) is 28.8. The molecule has 4 aliphatic rings. The van der Waals surface area contributed by atoms with Crippen molar-refractivity contribution in [2.75, 3.05) is 19.6 Å². The maximum absolute atomic E-state index is 2.63. The molecule has 0 unspecified atom stereocenters. The summed E-state index contributed by atoms with van der Waals surface area (Å²) in [7, 11) is 0. The van der Waals surface area contributed by atoms with E-state index in [1.54, 1.807) is 0 Å². The van der Waals surface area contributed by atoms with Gasteiger partial charge in [0.15, 0.2) is 0 Å². The minimum Gasteiger partial charge on any atom is -0.311 e. The number of para-hydroxylation sites is 6. The molecule has 81 heavy (non-hydrogen) atoms. The van der Waals surface area contributed by atoms with E-state index in [1.807, 2.05) is 11.8 Å². The SMILES string of the molecule is c1ccc(Sc2cc3c4c(c2)N(c2ccccc2)c2cc5c(cc2B4c2ccccc2N3c2ccccc2)B2c3ccccc3N(c3ccccc3)c3cc(-c4c6ccccc6cc6ccccc46)cc(c32)N5c2ccccc2)cc1. The monoisotopic (exact) mass is 1050 g/mol. The molecule has 0 aliphatic carbocycles.